The van der Waals surface area contributed by atoms with Crippen LogP contribution in [0.1, 0.15) is 52.1 Å². The molecular formula is C16H20N2OS. The molecule has 0 aliphatic rings. The van der Waals surface area contributed by atoms with E-state index >= 15 is 0 Å². The zero-order valence-electron chi connectivity index (χ0n) is 12.4. The molecule has 0 fully saturated rings. The second-order valence-corrected chi connectivity index (χ2v) is 6.24. The summed E-state index contributed by atoms with van der Waals surface area (Å²) >= 11 is 1.43. The minimum Gasteiger partial charge on any atom is -0.321 e. The average Bonchev–Trinajstić information content (AvgIpc) is 2.78. The number of amides is 1. The number of rotatable bonds is 4. The first-order chi connectivity index (χ1) is 9.51. The molecule has 0 unspecified atom stereocenters. The zero-order chi connectivity index (χ0) is 14.7. The number of aryl methyl sites for hydroxylation is 2. The molecule has 1 N–H and O–H groups in total. The average molecular weight is 288 g/mol. The normalized spacial score (nSPS) is 12.2. The number of nitrogens with one attached hydrogen (secondary N) is 1. The van der Waals surface area contributed by atoms with Crippen LogP contribution in [0.25, 0.3) is 0 Å². The van der Waals surface area contributed by atoms with E-state index in [1.54, 1.807) is 0 Å². The third-order valence-corrected chi connectivity index (χ3v) is 4.53. The first-order valence-electron chi connectivity index (χ1n) is 6.86. The number of hydrogen-bond donors (Lipinski definition) is 1. The molecule has 0 spiro atoms. The quantitative estimate of drug-likeness (QED) is 0.898. The third-order valence-electron chi connectivity index (χ3n) is 3.46. The van der Waals surface area contributed by atoms with Gasteiger partial charge in [0.05, 0.1) is 10.7 Å². The topological polar surface area (TPSA) is 42.0 Å². The molecular weight excluding hydrogens is 268 g/mol. The maximum absolute atomic E-state index is 12.2. The molecule has 1 aromatic carbocycles. The summed E-state index contributed by atoms with van der Waals surface area (Å²) in [7, 11) is 0. The van der Waals surface area contributed by atoms with Crippen LogP contribution in [0.2, 0.25) is 0 Å². The Hall–Kier alpha value is -1.68. The van der Waals surface area contributed by atoms with Crippen molar-refractivity contribution in [2.75, 3.05) is 5.32 Å². The van der Waals surface area contributed by atoms with Crippen LogP contribution in [-0.2, 0) is 0 Å². The predicted molar refractivity (Wildman–Crippen MR) is 84.7 cm³/mol. The van der Waals surface area contributed by atoms with Gasteiger partial charge in [-0.15, -0.1) is 11.3 Å². The molecule has 0 saturated carbocycles. The molecule has 3 nitrogen and oxygen atoms in total. The summed E-state index contributed by atoms with van der Waals surface area (Å²) in [6, 6.07) is 8.08. The Balaban J connectivity index is 2.10. The molecule has 20 heavy (non-hydrogen) atoms. The molecule has 1 atom stereocenters. The van der Waals surface area contributed by atoms with E-state index in [-0.39, 0.29) is 5.91 Å². The Kier molecular flexibility index (Phi) is 4.55. The second kappa shape index (κ2) is 6.18. The highest BCUT2D eigenvalue weighted by atomic mass is 32.1. The van der Waals surface area contributed by atoms with Crippen LogP contribution < -0.4 is 5.32 Å². The fourth-order valence-electron chi connectivity index (χ4n) is 2.06. The molecule has 1 aromatic heterocycles. The van der Waals surface area contributed by atoms with Crippen LogP contribution in [0, 0.1) is 13.8 Å². The molecule has 0 bridgehead atoms. The summed E-state index contributed by atoms with van der Waals surface area (Å²) in [5.74, 6) is 0.468. The van der Waals surface area contributed by atoms with E-state index in [9.17, 15) is 4.79 Å². The van der Waals surface area contributed by atoms with Gasteiger partial charge in [-0.05, 0) is 43.9 Å². The first-order valence-corrected chi connectivity index (χ1v) is 7.68. The largest absolute Gasteiger partial charge is 0.321 e. The van der Waals surface area contributed by atoms with Crippen molar-refractivity contribution in [3.05, 3.63) is 45.4 Å². The van der Waals surface area contributed by atoms with E-state index in [1.807, 2.05) is 26.0 Å². The number of nitrogens with zero attached hydrogens (tertiary/aromatic N) is 1. The molecule has 0 aliphatic carbocycles. The predicted octanol–water partition coefficient (Wildman–Crippen LogP) is 4.53. The van der Waals surface area contributed by atoms with Crippen molar-refractivity contribution in [2.24, 2.45) is 0 Å². The maximum Gasteiger partial charge on any atom is 0.267 e. The van der Waals surface area contributed by atoms with Gasteiger partial charge in [0.25, 0.3) is 5.91 Å². The van der Waals surface area contributed by atoms with Crippen molar-refractivity contribution >= 4 is 22.9 Å². The Morgan fingerprint density at radius 1 is 1.30 bits per heavy atom. The first kappa shape index (κ1) is 14.7. The molecule has 0 radical (unpaired) electrons. The van der Waals surface area contributed by atoms with Crippen molar-refractivity contribution in [2.45, 2.75) is 40.0 Å². The van der Waals surface area contributed by atoms with Crippen molar-refractivity contribution in [3.63, 3.8) is 0 Å². The Labute approximate surface area is 124 Å². The van der Waals surface area contributed by atoms with Crippen LogP contribution in [0.5, 0.6) is 0 Å². The lowest BCUT2D eigenvalue weighted by molar-refractivity contribution is 0.103. The van der Waals surface area contributed by atoms with Gasteiger partial charge in [0.15, 0.2) is 0 Å². The van der Waals surface area contributed by atoms with Crippen LogP contribution in [0.15, 0.2) is 24.3 Å². The maximum atomic E-state index is 12.2. The lowest BCUT2D eigenvalue weighted by Crippen LogP contribution is -2.11. The Bertz CT molecular complexity index is 601. The molecule has 4 heteroatoms. The minimum atomic E-state index is -0.0793. The molecule has 1 amide bonds. The van der Waals surface area contributed by atoms with Gasteiger partial charge in [0, 0.05) is 5.69 Å². The number of thiazole rings is 1. The fraction of sp³-hybridized carbons (Fsp3) is 0.375. The number of benzene rings is 1. The van der Waals surface area contributed by atoms with Gasteiger partial charge in [0.1, 0.15) is 4.88 Å². The van der Waals surface area contributed by atoms with E-state index in [1.165, 1.54) is 16.9 Å². The highest BCUT2D eigenvalue weighted by Crippen LogP contribution is 2.22. The molecule has 2 rings (SSSR count). The molecule has 0 aliphatic heterocycles. The number of hydrogen-bond acceptors (Lipinski definition) is 3. The fourth-order valence-corrected chi connectivity index (χ4v) is 2.88. The monoisotopic (exact) mass is 288 g/mol. The molecule has 2 aromatic rings. The number of anilines is 1. The van der Waals surface area contributed by atoms with E-state index in [2.05, 4.69) is 36.3 Å². The lowest BCUT2D eigenvalue weighted by atomic mass is 9.99. The number of carbonyl (C=O) groups excluding carboxylic acids is 1. The highest BCUT2D eigenvalue weighted by Gasteiger charge is 2.14. The van der Waals surface area contributed by atoms with Crippen LogP contribution in [-0.4, -0.2) is 10.9 Å². The van der Waals surface area contributed by atoms with Crippen LogP contribution in [0.4, 0.5) is 5.69 Å². The molecule has 0 saturated heterocycles. The van der Waals surface area contributed by atoms with Gasteiger partial charge < -0.3 is 5.32 Å². The summed E-state index contributed by atoms with van der Waals surface area (Å²) in [5, 5.41) is 3.84. The van der Waals surface area contributed by atoms with Crippen molar-refractivity contribution in [3.8, 4) is 0 Å². The summed E-state index contributed by atoms with van der Waals surface area (Å²) in [6.07, 6.45) is 1.12. The van der Waals surface area contributed by atoms with Gasteiger partial charge in [-0.3, -0.25) is 4.79 Å². The van der Waals surface area contributed by atoms with Crippen molar-refractivity contribution in [1.82, 2.24) is 4.98 Å². The van der Waals surface area contributed by atoms with Gasteiger partial charge in [-0.25, -0.2) is 4.98 Å². The van der Waals surface area contributed by atoms with E-state index in [0.717, 1.165) is 22.8 Å². The molecule has 106 valence electrons. The molecule has 1 heterocycles. The van der Waals surface area contributed by atoms with E-state index < -0.39 is 0 Å². The second-order valence-electron chi connectivity index (χ2n) is 5.03. The van der Waals surface area contributed by atoms with Gasteiger partial charge in [0.2, 0.25) is 0 Å². The van der Waals surface area contributed by atoms with Gasteiger partial charge in [-0.2, -0.15) is 0 Å². The number of aromatic nitrogens is 1. The zero-order valence-corrected chi connectivity index (χ0v) is 13.2. The minimum absolute atomic E-state index is 0.0793. The van der Waals surface area contributed by atoms with E-state index in [4.69, 9.17) is 0 Å². The lowest BCUT2D eigenvalue weighted by Gasteiger charge is -2.10. The van der Waals surface area contributed by atoms with Crippen molar-refractivity contribution in [1.29, 1.82) is 0 Å². The SMILES string of the molecule is CC[C@@H](C)c1ccc(NC(=O)c2sc(C)nc2C)cc1. The van der Waals surface area contributed by atoms with Gasteiger partial charge in [-0.1, -0.05) is 26.0 Å². The van der Waals surface area contributed by atoms with Crippen LogP contribution >= 0.6 is 11.3 Å². The Morgan fingerprint density at radius 3 is 2.45 bits per heavy atom. The van der Waals surface area contributed by atoms with Crippen LogP contribution in [0.3, 0.4) is 0 Å². The van der Waals surface area contributed by atoms with Crippen molar-refractivity contribution < 1.29 is 4.79 Å². The van der Waals surface area contributed by atoms with Gasteiger partial charge >= 0.3 is 0 Å². The Morgan fingerprint density at radius 2 is 1.95 bits per heavy atom. The summed E-state index contributed by atoms with van der Waals surface area (Å²) in [5.41, 5.74) is 2.92. The summed E-state index contributed by atoms with van der Waals surface area (Å²) < 4.78 is 0. The number of carbonyl (C=O) groups is 1. The summed E-state index contributed by atoms with van der Waals surface area (Å²) in [6.45, 7) is 8.16. The highest BCUT2D eigenvalue weighted by molar-refractivity contribution is 7.13. The standard InChI is InChI=1S/C16H20N2OS/c1-5-10(2)13-6-8-14(9-7-13)18-16(19)15-11(3)17-12(4)20-15/h6-10H,5H2,1-4H3,(H,18,19)/t10-/m1/s1. The summed E-state index contributed by atoms with van der Waals surface area (Å²) in [4.78, 5) is 17.2. The smallest absolute Gasteiger partial charge is 0.267 e. The third kappa shape index (κ3) is 3.25. The van der Waals surface area contributed by atoms with E-state index in [0.29, 0.717) is 10.8 Å².